The molecular formula is C13H20O7. The average molecular weight is 288 g/mol. The Morgan fingerprint density at radius 3 is 2.05 bits per heavy atom. The van der Waals surface area contributed by atoms with Gasteiger partial charge in [-0.05, 0) is 11.1 Å². The van der Waals surface area contributed by atoms with Crippen molar-refractivity contribution >= 4 is 0 Å². The molecule has 0 heterocycles. The number of aliphatic hydroxyl groups is 7. The van der Waals surface area contributed by atoms with Gasteiger partial charge in [0.2, 0.25) is 0 Å². The molecule has 0 bridgehead atoms. The highest BCUT2D eigenvalue weighted by Gasteiger charge is 2.34. The predicted octanol–water partition coefficient (Wildman–Crippen LogP) is -2.35. The van der Waals surface area contributed by atoms with Crippen LogP contribution in [0.15, 0.2) is 24.3 Å². The number of aliphatic hydroxyl groups excluding tert-OH is 7. The first-order chi connectivity index (χ1) is 9.42. The first-order valence-electron chi connectivity index (χ1n) is 6.13. The number of rotatable bonds is 7. The van der Waals surface area contributed by atoms with Crippen molar-refractivity contribution in [3.8, 4) is 0 Å². The van der Waals surface area contributed by atoms with Crippen molar-refractivity contribution in [3.05, 3.63) is 35.4 Å². The van der Waals surface area contributed by atoms with Crippen LogP contribution >= 0.6 is 0 Å². The lowest BCUT2D eigenvalue weighted by molar-refractivity contribution is -0.141. The molecule has 1 unspecified atom stereocenters. The van der Waals surface area contributed by atoms with Gasteiger partial charge in [0, 0.05) is 0 Å². The van der Waals surface area contributed by atoms with Gasteiger partial charge in [-0.3, -0.25) is 0 Å². The Labute approximate surface area is 116 Å². The first kappa shape index (κ1) is 17.0. The molecule has 1 aromatic rings. The van der Waals surface area contributed by atoms with Crippen molar-refractivity contribution < 1.29 is 35.7 Å². The third-order valence-electron chi connectivity index (χ3n) is 3.08. The maximum atomic E-state index is 9.94. The minimum absolute atomic E-state index is 0.244. The SMILES string of the molecule is OCc1cccc(C(O)[C@H](O)[C@@H](O)[C@H](O)[C@H](O)CO)c1. The average Bonchev–Trinajstić information content (AvgIpc) is 2.51. The van der Waals surface area contributed by atoms with Crippen LogP contribution < -0.4 is 0 Å². The lowest BCUT2D eigenvalue weighted by atomic mass is 9.94. The topological polar surface area (TPSA) is 142 Å². The summed E-state index contributed by atoms with van der Waals surface area (Å²) in [7, 11) is 0. The van der Waals surface area contributed by atoms with Crippen LogP contribution in [0, 0.1) is 0 Å². The quantitative estimate of drug-likeness (QED) is 0.298. The van der Waals surface area contributed by atoms with Gasteiger partial charge in [-0.25, -0.2) is 0 Å². The molecule has 0 aliphatic rings. The van der Waals surface area contributed by atoms with Crippen molar-refractivity contribution in [2.75, 3.05) is 6.61 Å². The van der Waals surface area contributed by atoms with Crippen LogP contribution in [0.3, 0.4) is 0 Å². The van der Waals surface area contributed by atoms with E-state index in [2.05, 4.69) is 0 Å². The normalized spacial score (nSPS) is 19.1. The molecule has 0 aromatic heterocycles. The van der Waals surface area contributed by atoms with E-state index in [1.807, 2.05) is 0 Å². The van der Waals surface area contributed by atoms with Crippen LogP contribution in [0.5, 0.6) is 0 Å². The number of hydrogen-bond donors (Lipinski definition) is 7. The largest absolute Gasteiger partial charge is 0.394 e. The molecular weight excluding hydrogens is 268 g/mol. The molecule has 0 aliphatic carbocycles. The van der Waals surface area contributed by atoms with Crippen molar-refractivity contribution in [3.63, 3.8) is 0 Å². The molecule has 114 valence electrons. The van der Waals surface area contributed by atoms with E-state index in [1.165, 1.54) is 12.1 Å². The molecule has 1 rings (SSSR count). The third kappa shape index (κ3) is 3.97. The molecule has 0 radical (unpaired) electrons. The van der Waals surface area contributed by atoms with Crippen molar-refractivity contribution in [2.24, 2.45) is 0 Å². The van der Waals surface area contributed by atoms with Gasteiger partial charge in [-0.15, -0.1) is 0 Å². The zero-order chi connectivity index (χ0) is 15.3. The Morgan fingerprint density at radius 1 is 0.850 bits per heavy atom. The summed E-state index contributed by atoms with van der Waals surface area (Å²) in [5.74, 6) is 0. The van der Waals surface area contributed by atoms with Crippen LogP contribution in [0.4, 0.5) is 0 Å². The second-order valence-corrected chi connectivity index (χ2v) is 4.57. The molecule has 0 saturated carbocycles. The van der Waals surface area contributed by atoms with Gasteiger partial charge in [0.1, 0.15) is 30.5 Å². The summed E-state index contributed by atoms with van der Waals surface area (Å²) in [6.45, 7) is -1.04. The second kappa shape index (κ2) is 7.65. The van der Waals surface area contributed by atoms with E-state index in [-0.39, 0.29) is 12.2 Å². The zero-order valence-electron chi connectivity index (χ0n) is 10.7. The second-order valence-electron chi connectivity index (χ2n) is 4.57. The highest BCUT2D eigenvalue weighted by Crippen LogP contribution is 2.22. The molecule has 5 atom stereocenters. The summed E-state index contributed by atoms with van der Waals surface area (Å²) in [5, 5.41) is 65.7. The van der Waals surface area contributed by atoms with E-state index in [9.17, 15) is 25.5 Å². The maximum Gasteiger partial charge on any atom is 0.113 e. The van der Waals surface area contributed by atoms with Crippen LogP contribution in [0.1, 0.15) is 17.2 Å². The van der Waals surface area contributed by atoms with Gasteiger partial charge in [-0.2, -0.15) is 0 Å². The summed E-state index contributed by atoms with van der Waals surface area (Å²) >= 11 is 0. The van der Waals surface area contributed by atoms with E-state index < -0.39 is 37.1 Å². The van der Waals surface area contributed by atoms with E-state index in [0.717, 1.165) is 0 Å². The standard InChI is InChI=1S/C13H20O7/c14-5-7-2-1-3-8(4-7)10(17)12(19)13(20)11(18)9(16)6-15/h1-4,9-20H,5-6H2/t9-,10?,11-,12+,13+/m1/s1. The Morgan fingerprint density at radius 2 is 1.50 bits per heavy atom. The monoisotopic (exact) mass is 288 g/mol. The lowest BCUT2D eigenvalue weighted by Gasteiger charge is -2.28. The molecule has 0 spiro atoms. The van der Waals surface area contributed by atoms with Crippen LogP contribution in [0.2, 0.25) is 0 Å². The highest BCUT2D eigenvalue weighted by molar-refractivity contribution is 5.25. The Bertz CT molecular complexity index is 411. The fourth-order valence-electron chi connectivity index (χ4n) is 1.80. The molecule has 0 amide bonds. The summed E-state index contributed by atoms with van der Waals surface area (Å²) < 4.78 is 0. The summed E-state index contributed by atoms with van der Waals surface area (Å²) in [4.78, 5) is 0. The molecule has 1 aromatic carbocycles. The van der Waals surface area contributed by atoms with Crippen LogP contribution in [-0.4, -0.2) is 66.8 Å². The highest BCUT2D eigenvalue weighted by atomic mass is 16.4. The smallest absolute Gasteiger partial charge is 0.113 e. The molecule has 0 aliphatic heterocycles. The third-order valence-corrected chi connectivity index (χ3v) is 3.08. The minimum Gasteiger partial charge on any atom is -0.394 e. The van der Waals surface area contributed by atoms with Gasteiger partial charge in [-0.1, -0.05) is 24.3 Å². The van der Waals surface area contributed by atoms with Crippen LogP contribution in [-0.2, 0) is 6.61 Å². The predicted molar refractivity (Wildman–Crippen MR) is 68.4 cm³/mol. The van der Waals surface area contributed by atoms with E-state index in [4.69, 9.17) is 10.2 Å². The fourth-order valence-corrected chi connectivity index (χ4v) is 1.80. The van der Waals surface area contributed by atoms with Gasteiger partial charge in [0.25, 0.3) is 0 Å². The maximum absolute atomic E-state index is 9.94. The van der Waals surface area contributed by atoms with Crippen LogP contribution in [0.25, 0.3) is 0 Å². The van der Waals surface area contributed by atoms with E-state index >= 15 is 0 Å². The van der Waals surface area contributed by atoms with Crippen molar-refractivity contribution in [1.82, 2.24) is 0 Å². The van der Waals surface area contributed by atoms with Gasteiger partial charge in [0.05, 0.1) is 13.2 Å². The number of benzene rings is 1. The lowest BCUT2D eigenvalue weighted by Crippen LogP contribution is -2.47. The molecule has 7 N–H and O–H groups in total. The minimum atomic E-state index is -1.84. The molecule has 0 saturated heterocycles. The Kier molecular flexibility index (Phi) is 6.50. The molecule has 20 heavy (non-hydrogen) atoms. The summed E-state index contributed by atoms with van der Waals surface area (Å²) in [6, 6.07) is 6.09. The zero-order valence-corrected chi connectivity index (χ0v) is 10.7. The number of hydrogen-bond acceptors (Lipinski definition) is 7. The van der Waals surface area contributed by atoms with Gasteiger partial charge in [0.15, 0.2) is 0 Å². The summed E-state index contributed by atoms with van der Waals surface area (Å²) in [6.07, 6.45) is -8.55. The Balaban J connectivity index is 2.81. The van der Waals surface area contributed by atoms with Crippen molar-refractivity contribution in [2.45, 2.75) is 37.1 Å². The van der Waals surface area contributed by atoms with Gasteiger partial charge >= 0.3 is 0 Å². The fraction of sp³-hybridized carbons (Fsp3) is 0.538. The van der Waals surface area contributed by atoms with E-state index in [0.29, 0.717) is 5.56 Å². The van der Waals surface area contributed by atoms with E-state index in [1.54, 1.807) is 12.1 Å². The first-order valence-corrected chi connectivity index (χ1v) is 6.13. The molecule has 7 heteroatoms. The Hall–Kier alpha value is -1.06. The van der Waals surface area contributed by atoms with Crippen molar-refractivity contribution in [1.29, 1.82) is 0 Å². The van der Waals surface area contributed by atoms with Gasteiger partial charge < -0.3 is 35.7 Å². The molecule has 0 fully saturated rings. The molecule has 7 nitrogen and oxygen atoms in total. The summed E-state index contributed by atoms with van der Waals surface area (Å²) in [5.41, 5.74) is 0.757.